The van der Waals surface area contributed by atoms with Crippen molar-refractivity contribution in [3.8, 4) is 0 Å². The van der Waals surface area contributed by atoms with Crippen LogP contribution in [0.5, 0.6) is 0 Å². The molecule has 39 heavy (non-hydrogen) atoms. The zero-order valence-electron chi connectivity index (χ0n) is 20.3. The Bertz CT molecular complexity index is 1560. The number of nitrogens with zero attached hydrogens (tertiary/aromatic N) is 5. The molecule has 2 aromatic carbocycles. The van der Waals surface area contributed by atoms with Crippen molar-refractivity contribution in [1.29, 1.82) is 0 Å². The van der Waals surface area contributed by atoms with Gasteiger partial charge in [-0.15, -0.1) is 11.3 Å². The van der Waals surface area contributed by atoms with Gasteiger partial charge in [-0.05, 0) is 55.3 Å². The predicted octanol–water partition coefficient (Wildman–Crippen LogP) is 4.20. The molecule has 2 amide bonds. The van der Waals surface area contributed by atoms with Gasteiger partial charge in [0.2, 0.25) is 10.0 Å². The lowest BCUT2D eigenvalue weighted by atomic mass is 10.1. The molecular weight excluding hydrogens is 568 g/mol. The van der Waals surface area contributed by atoms with E-state index in [1.54, 1.807) is 18.2 Å². The maximum atomic E-state index is 13.1. The number of amides is 2. The molecule has 1 aromatic heterocycles. The van der Waals surface area contributed by atoms with E-state index in [9.17, 15) is 28.1 Å². The van der Waals surface area contributed by atoms with Crippen molar-refractivity contribution >= 4 is 50.5 Å². The third-order valence-corrected chi connectivity index (χ3v) is 9.54. The highest BCUT2D eigenvalue weighted by molar-refractivity contribution is 7.91. The predicted molar refractivity (Wildman–Crippen MR) is 143 cm³/mol. The Hall–Kier alpha value is -3.81. The Labute approximate surface area is 232 Å². The summed E-state index contributed by atoms with van der Waals surface area (Å²) in [6, 6.07) is 14.5. The molecule has 3 aromatic rings. The summed E-state index contributed by atoms with van der Waals surface area (Å²) in [5, 5.41) is 21.6. The van der Waals surface area contributed by atoms with E-state index in [1.165, 1.54) is 46.8 Å². The number of hydrogen-bond donors (Lipinski definition) is 1. The molecule has 15 heteroatoms. The van der Waals surface area contributed by atoms with Crippen molar-refractivity contribution in [3.63, 3.8) is 0 Å². The van der Waals surface area contributed by atoms with Gasteiger partial charge in [-0.25, -0.2) is 8.42 Å². The zero-order valence-corrected chi connectivity index (χ0v) is 22.7. The van der Waals surface area contributed by atoms with Crippen LogP contribution in [0.1, 0.15) is 38.4 Å². The number of thiophene rings is 1. The summed E-state index contributed by atoms with van der Waals surface area (Å²) in [5.41, 5.74) is 0.307. The van der Waals surface area contributed by atoms with Gasteiger partial charge in [0.1, 0.15) is 9.32 Å². The van der Waals surface area contributed by atoms with Crippen molar-refractivity contribution in [2.24, 2.45) is 10.2 Å². The first-order chi connectivity index (χ1) is 18.6. The number of carbonyl (C=O) groups excluding carboxylic acids is 2. The van der Waals surface area contributed by atoms with Crippen LogP contribution in [0.4, 0.5) is 5.69 Å². The Kier molecular flexibility index (Phi) is 8.94. The molecule has 2 heterocycles. The summed E-state index contributed by atoms with van der Waals surface area (Å²) < 4.78 is 27.7. The fourth-order valence-corrected chi connectivity index (χ4v) is 6.83. The molecule has 12 nitrogen and oxygen atoms in total. The van der Waals surface area contributed by atoms with Crippen LogP contribution >= 0.6 is 22.9 Å². The Morgan fingerprint density at radius 2 is 1.82 bits per heavy atom. The maximum absolute atomic E-state index is 13.1. The first kappa shape index (κ1) is 28.2. The first-order valence-corrected chi connectivity index (χ1v) is 14.3. The molecule has 1 aliphatic heterocycles. The molecule has 202 valence electrons. The molecule has 0 spiro atoms. The molecule has 1 saturated heterocycles. The minimum Gasteiger partial charge on any atom is -0.349 e. The standard InChI is InChI=1S/C24H21ClN6O6S2/c25-18-6-4-16(5-7-18)24(33)28-29-26-15-21-8-9-22(38-21)39(36,37)30-12-10-19(11-13-30)27-23(32)17-2-1-3-20(14-17)31(34)35/h1-9,14,19H,10-13,15H2/p+1. The average Bonchev–Trinajstić information content (AvgIpc) is 3.42. The van der Waals surface area contributed by atoms with Gasteiger partial charge in [-0.3, -0.25) is 19.7 Å². The molecule has 1 aliphatic rings. The summed E-state index contributed by atoms with van der Waals surface area (Å²) in [5.74, 6) is -1.02. The SMILES string of the molecule is O=C(N=[N+]=NCc1ccc(S(=O)(=O)N2CCC(NC(=O)c3cccc([N+](=O)[O-])c3)CC2)s1)c1ccc(Cl)cc1. The monoisotopic (exact) mass is 589 g/mol. The second kappa shape index (κ2) is 12.4. The fourth-order valence-electron chi connectivity index (χ4n) is 3.80. The number of nitrogens with one attached hydrogen (secondary N) is 1. The summed E-state index contributed by atoms with van der Waals surface area (Å²) in [4.78, 5) is 39.0. The Morgan fingerprint density at radius 1 is 1.10 bits per heavy atom. The number of rotatable bonds is 8. The maximum Gasteiger partial charge on any atom is 0.360 e. The van der Waals surface area contributed by atoms with Crippen molar-refractivity contribution in [2.45, 2.75) is 29.6 Å². The number of piperidine rings is 1. The fraction of sp³-hybridized carbons (Fsp3) is 0.250. The van der Waals surface area contributed by atoms with Crippen LogP contribution in [0, 0.1) is 10.1 Å². The van der Waals surface area contributed by atoms with Crippen molar-refractivity contribution < 1.29 is 22.9 Å². The van der Waals surface area contributed by atoms with E-state index in [1.807, 2.05) is 0 Å². The van der Waals surface area contributed by atoms with E-state index in [0.29, 0.717) is 28.3 Å². The van der Waals surface area contributed by atoms with Crippen LogP contribution in [0.25, 0.3) is 0 Å². The molecule has 0 unspecified atom stereocenters. The smallest absolute Gasteiger partial charge is 0.349 e. The van der Waals surface area contributed by atoms with Gasteiger partial charge >= 0.3 is 5.91 Å². The largest absolute Gasteiger partial charge is 0.360 e. The lowest BCUT2D eigenvalue weighted by molar-refractivity contribution is -0.384. The highest BCUT2D eigenvalue weighted by Crippen LogP contribution is 2.27. The van der Waals surface area contributed by atoms with Crippen LogP contribution in [0.15, 0.2) is 75.1 Å². The Balaban J connectivity index is 1.30. The Morgan fingerprint density at radius 3 is 2.51 bits per heavy atom. The van der Waals surface area contributed by atoms with Crippen LogP contribution in [-0.4, -0.2) is 48.6 Å². The number of sulfonamides is 1. The van der Waals surface area contributed by atoms with E-state index in [2.05, 4.69) is 20.5 Å². The second-order valence-corrected chi connectivity index (χ2v) is 12.3. The van der Waals surface area contributed by atoms with Gasteiger partial charge in [0, 0.05) is 52.3 Å². The molecule has 0 aliphatic carbocycles. The van der Waals surface area contributed by atoms with Crippen LogP contribution in [0.3, 0.4) is 0 Å². The van der Waals surface area contributed by atoms with Crippen molar-refractivity contribution in [3.05, 3.63) is 91.8 Å². The third-order valence-electron chi connectivity index (χ3n) is 5.86. The number of benzene rings is 2. The number of hydrogen-bond acceptors (Lipinski definition) is 8. The van der Waals surface area contributed by atoms with Crippen molar-refractivity contribution in [2.75, 3.05) is 13.1 Å². The topological polar surface area (TPSA) is 166 Å². The van der Waals surface area contributed by atoms with Gasteiger partial charge in [0.15, 0.2) is 6.54 Å². The first-order valence-electron chi connectivity index (χ1n) is 11.6. The number of halogens is 1. The molecular formula is C24H22ClN6O6S2+. The van der Waals surface area contributed by atoms with E-state index in [-0.39, 0.29) is 41.1 Å². The van der Waals surface area contributed by atoms with E-state index < -0.39 is 26.8 Å². The van der Waals surface area contributed by atoms with Gasteiger partial charge < -0.3 is 5.32 Å². The minimum absolute atomic E-state index is 0.0589. The molecule has 0 bridgehead atoms. The summed E-state index contributed by atoms with van der Waals surface area (Å²) in [6.45, 7) is 0.477. The summed E-state index contributed by atoms with van der Waals surface area (Å²) in [7, 11) is -3.74. The van der Waals surface area contributed by atoms with Gasteiger partial charge in [0.05, 0.1) is 4.92 Å². The summed E-state index contributed by atoms with van der Waals surface area (Å²) in [6.07, 6.45) is 0.797. The molecule has 1 fully saturated rings. The van der Waals surface area contributed by atoms with E-state index in [4.69, 9.17) is 11.6 Å². The lowest BCUT2D eigenvalue weighted by Crippen LogP contribution is -2.46. The lowest BCUT2D eigenvalue weighted by Gasteiger charge is -2.31. The quantitative estimate of drug-likeness (QED) is 0.179. The molecule has 0 saturated carbocycles. The minimum atomic E-state index is -3.74. The van der Waals surface area contributed by atoms with Crippen LogP contribution in [0.2, 0.25) is 5.02 Å². The molecule has 0 radical (unpaired) electrons. The van der Waals surface area contributed by atoms with Gasteiger partial charge in [-0.2, -0.15) is 4.31 Å². The van der Waals surface area contributed by atoms with Crippen molar-refractivity contribution in [1.82, 2.24) is 14.5 Å². The number of non-ortho nitro benzene ring substituents is 1. The van der Waals surface area contributed by atoms with Crippen LogP contribution in [-0.2, 0) is 16.6 Å². The zero-order chi connectivity index (χ0) is 28.0. The number of carbonyl (C=O) groups is 2. The number of nitro benzene ring substituents is 1. The highest BCUT2D eigenvalue weighted by atomic mass is 35.5. The number of nitro groups is 1. The van der Waals surface area contributed by atoms with E-state index in [0.717, 1.165) is 11.3 Å². The third kappa shape index (κ3) is 7.19. The second-order valence-electron chi connectivity index (χ2n) is 8.48. The average molecular weight is 590 g/mol. The highest BCUT2D eigenvalue weighted by Gasteiger charge is 2.31. The molecule has 4 rings (SSSR count). The van der Waals surface area contributed by atoms with Crippen LogP contribution < -0.4 is 10.2 Å². The van der Waals surface area contributed by atoms with Gasteiger partial charge in [0.25, 0.3) is 21.6 Å². The van der Waals surface area contributed by atoms with Gasteiger partial charge in [-0.1, -0.05) is 17.7 Å². The molecule has 1 N–H and O–H groups in total. The summed E-state index contributed by atoms with van der Waals surface area (Å²) >= 11 is 6.84. The van der Waals surface area contributed by atoms with E-state index >= 15 is 0 Å². The molecule has 0 atom stereocenters. The normalized spacial score (nSPS) is 14.3.